The summed E-state index contributed by atoms with van der Waals surface area (Å²) in [6.07, 6.45) is 0.766. The number of halogens is 1. The van der Waals surface area contributed by atoms with Crippen molar-refractivity contribution < 1.29 is 23.1 Å². The van der Waals surface area contributed by atoms with Crippen molar-refractivity contribution in [1.82, 2.24) is 5.32 Å². The van der Waals surface area contributed by atoms with E-state index in [-0.39, 0.29) is 42.5 Å². The van der Waals surface area contributed by atoms with Gasteiger partial charge in [-0.25, -0.2) is 4.39 Å². The number of carbonyl (C=O) groups is 2. The van der Waals surface area contributed by atoms with Crippen LogP contribution in [0.4, 0.5) is 10.1 Å². The summed E-state index contributed by atoms with van der Waals surface area (Å²) in [5.74, 6) is 0.347. The Hall–Kier alpha value is -3.61. The van der Waals surface area contributed by atoms with Crippen LogP contribution >= 0.6 is 0 Å². The van der Waals surface area contributed by atoms with Crippen molar-refractivity contribution in [3.05, 3.63) is 83.6 Å². The molecule has 0 saturated carbocycles. The average Bonchev–Trinajstić information content (AvgIpc) is 3.26. The molecule has 0 aliphatic heterocycles. The minimum Gasteiger partial charge on any atom is -0.486 e. The zero-order chi connectivity index (χ0) is 22.2. The van der Waals surface area contributed by atoms with Crippen LogP contribution in [-0.4, -0.2) is 11.8 Å². The number of anilines is 1. The Labute approximate surface area is 180 Å². The van der Waals surface area contributed by atoms with E-state index in [2.05, 4.69) is 10.6 Å². The van der Waals surface area contributed by atoms with Crippen LogP contribution in [0.15, 0.2) is 65.1 Å². The lowest BCUT2D eigenvalue weighted by Gasteiger charge is -2.11. The smallest absolute Gasteiger partial charge is 0.287 e. The second-order valence-corrected chi connectivity index (χ2v) is 7.19. The number of carbonyl (C=O) groups excluding carboxylic acids is 2. The zero-order valence-electron chi connectivity index (χ0n) is 17.5. The van der Waals surface area contributed by atoms with Gasteiger partial charge in [0, 0.05) is 18.2 Å². The molecule has 162 valence electrons. The maximum Gasteiger partial charge on any atom is 0.287 e. The van der Waals surface area contributed by atoms with Crippen molar-refractivity contribution in [1.29, 1.82) is 0 Å². The number of benzene rings is 2. The molecule has 1 heterocycles. The Morgan fingerprint density at radius 2 is 1.87 bits per heavy atom. The molecule has 31 heavy (non-hydrogen) atoms. The van der Waals surface area contributed by atoms with Gasteiger partial charge in [-0.3, -0.25) is 9.59 Å². The summed E-state index contributed by atoms with van der Waals surface area (Å²) < 4.78 is 24.0. The van der Waals surface area contributed by atoms with Gasteiger partial charge in [0.1, 0.15) is 23.9 Å². The van der Waals surface area contributed by atoms with Gasteiger partial charge in [0.25, 0.3) is 5.91 Å². The first-order valence-corrected chi connectivity index (χ1v) is 10.1. The fourth-order valence-electron chi connectivity index (χ4n) is 2.74. The number of ether oxygens (including phenoxy) is 1. The van der Waals surface area contributed by atoms with Gasteiger partial charge in [-0.2, -0.15) is 0 Å². The van der Waals surface area contributed by atoms with Crippen LogP contribution in [0.25, 0.3) is 0 Å². The predicted molar refractivity (Wildman–Crippen MR) is 115 cm³/mol. The largest absolute Gasteiger partial charge is 0.486 e. The molecule has 0 radical (unpaired) electrons. The molecule has 1 atom stereocenters. The lowest BCUT2D eigenvalue weighted by Crippen LogP contribution is -2.22. The first kappa shape index (κ1) is 22.1. The van der Waals surface area contributed by atoms with Gasteiger partial charge >= 0.3 is 0 Å². The maximum atomic E-state index is 12.9. The average molecular weight is 424 g/mol. The van der Waals surface area contributed by atoms with E-state index in [9.17, 15) is 14.0 Å². The van der Waals surface area contributed by atoms with E-state index >= 15 is 0 Å². The minimum atomic E-state index is -0.359. The molecule has 7 heteroatoms. The third-order valence-electron chi connectivity index (χ3n) is 4.79. The van der Waals surface area contributed by atoms with Crippen LogP contribution in [0.2, 0.25) is 0 Å². The van der Waals surface area contributed by atoms with Crippen molar-refractivity contribution in [3.8, 4) is 5.75 Å². The van der Waals surface area contributed by atoms with Crippen molar-refractivity contribution in [2.75, 3.05) is 5.32 Å². The molecular formula is C24H25FN2O4. The number of rotatable bonds is 9. The summed E-state index contributed by atoms with van der Waals surface area (Å²) in [5.41, 5.74) is 1.54. The van der Waals surface area contributed by atoms with Gasteiger partial charge < -0.3 is 19.8 Å². The molecule has 0 spiro atoms. The van der Waals surface area contributed by atoms with Crippen LogP contribution in [0.5, 0.6) is 5.75 Å². The number of furan rings is 1. The molecule has 0 bridgehead atoms. The van der Waals surface area contributed by atoms with Crippen molar-refractivity contribution in [2.45, 2.75) is 33.4 Å². The summed E-state index contributed by atoms with van der Waals surface area (Å²) >= 11 is 0. The number of hydrogen-bond donors (Lipinski definition) is 2. The highest BCUT2D eigenvalue weighted by atomic mass is 19.1. The second kappa shape index (κ2) is 10.4. The Morgan fingerprint density at radius 3 is 2.61 bits per heavy atom. The molecule has 0 saturated heterocycles. The Balaban J connectivity index is 1.51. The van der Waals surface area contributed by atoms with E-state index in [0.29, 0.717) is 17.2 Å². The van der Waals surface area contributed by atoms with Crippen LogP contribution in [0.1, 0.15) is 42.1 Å². The molecule has 0 aliphatic rings. The summed E-state index contributed by atoms with van der Waals surface area (Å²) in [4.78, 5) is 24.4. The van der Waals surface area contributed by atoms with Crippen molar-refractivity contribution in [2.24, 2.45) is 5.92 Å². The fraction of sp³-hybridized carbons (Fsp3) is 0.250. The molecule has 2 amide bonds. The highest BCUT2D eigenvalue weighted by molar-refractivity contribution is 5.92. The quantitative estimate of drug-likeness (QED) is 0.511. The molecule has 0 fully saturated rings. The highest BCUT2D eigenvalue weighted by Gasteiger charge is 2.13. The van der Waals surface area contributed by atoms with E-state index in [4.69, 9.17) is 9.15 Å². The van der Waals surface area contributed by atoms with Gasteiger partial charge in [0.05, 0.1) is 0 Å². The van der Waals surface area contributed by atoms with Crippen LogP contribution < -0.4 is 15.4 Å². The zero-order valence-corrected chi connectivity index (χ0v) is 17.5. The van der Waals surface area contributed by atoms with E-state index in [1.807, 2.05) is 38.1 Å². The number of amides is 2. The molecule has 3 aromatic rings. The minimum absolute atomic E-state index is 0.0327. The van der Waals surface area contributed by atoms with Crippen LogP contribution in [-0.2, 0) is 17.9 Å². The van der Waals surface area contributed by atoms with Crippen LogP contribution in [0.3, 0.4) is 0 Å². The van der Waals surface area contributed by atoms with Crippen LogP contribution in [0, 0.1) is 11.7 Å². The van der Waals surface area contributed by atoms with E-state index < -0.39 is 0 Å². The monoisotopic (exact) mass is 424 g/mol. The van der Waals surface area contributed by atoms with Gasteiger partial charge in [-0.05, 0) is 60.5 Å². The highest BCUT2D eigenvalue weighted by Crippen LogP contribution is 2.16. The third-order valence-corrected chi connectivity index (χ3v) is 4.79. The first-order chi connectivity index (χ1) is 14.9. The van der Waals surface area contributed by atoms with E-state index in [0.717, 1.165) is 12.0 Å². The molecule has 1 unspecified atom stereocenters. The summed E-state index contributed by atoms with van der Waals surface area (Å²) in [5, 5.41) is 5.68. The topological polar surface area (TPSA) is 80.6 Å². The first-order valence-electron chi connectivity index (χ1n) is 10.1. The molecule has 6 nitrogen and oxygen atoms in total. The van der Waals surface area contributed by atoms with Gasteiger partial charge in [0.2, 0.25) is 5.91 Å². The fourth-order valence-corrected chi connectivity index (χ4v) is 2.74. The normalized spacial score (nSPS) is 11.6. The summed E-state index contributed by atoms with van der Waals surface area (Å²) in [6, 6.07) is 16.2. The lowest BCUT2D eigenvalue weighted by molar-refractivity contribution is -0.119. The van der Waals surface area contributed by atoms with Gasteiger partial charge in [0.15, 0.2) is 5.76 Å². The summed E-state index contributed by atoms with van der Waals surface area (Å²) in [7, 11) is 0. The third kappa shape index (κ3) is 6.44. The van der Waals surface area contributed by atoms with Gasteiger partial charge in [-0.1, -0.05) is 26.0 Å². The molecule has 2 N–H and O–H groups in total. The van der Waals surface area contributed by atoms with E-state index in [1.54, 1.807) is 12.1 Å². The van der Waals surface area contributed by atoms with E-state index in [1.165, 1.54) is 24.3 Å². The van der Waals surface area contributed by atoms with Crippen molar-refractivity contribution in [3.63, 3.8) is 0 Å². The maximum absolute atomic E-state index is 12.9. The van der Waals surface area contributed by atoms with Crippen molar-refractivity contribution >= 4 is 17.5 Å². The Bertz CT molecular complexity index is 1030. The molecule has 3 rings (SSSR count). The molecule has 2 aromatic carbocycles. The SMILES string of the molecule is CCC(C)C(=O)Nc1cccc(CNC(=O)c2ccc(COc3ccc(F)cc3)o2)c1. The summed E-state index contributed by atoms with van der Waals surface area (Å²) in [6.45, 7) is 4.25. The molecule has 1 aromatic heterocycles. The Kier molecular flexibility index (Phi) is 7.43. The lowest BCUT2D eigenvalue weighted by atomic mass is 10.1. The second-order valence-electron chi connectivity index (χ2n) is 7.19. The number of hydrogen-bond acceptors (Lipinski definition) is 4. The predicted octanol–water partition coefficient (Wildman–Crippen LogP) is 4.91. The van der Waals surface area contributed by atoms with Gasteiger partial charge in [-0.15, -0.1) is 0 Å². The Morgan fingerprint density at radius 1 is 1.10 bits per heavy atom. The number of nitrogens with one attached hydrogen (secondary N) is 2. The standard InChI is InChI=1S/C24H25FN2O4/c1-3-16(2)23(28)27-19-6-4-5-17(13-19)14-26-24(29)22-12-11-21(31-22)15-30-20-9-7-18(25)8-10-20/h4-13,16H,3,14-15H2,1-2H3,(H,26,29)(H,27,28). The molecular weight excluding hydrogens is 399 g/mol. The molecule has 0 aliphatic carbocycles.